The molecule has 26 heavy (non-hydrogen) atoms. The summed E-state index contributed by atoms with van der Waals surface area (Å²) < 4.78 is 8.57. The molecule has 4 rings (SSSR count). The molecule has 0 aromatic carbocycles. The predicted octanol–water partition coefficient (Wildman–Crippen LogP) is 1.47. The van der Waals surface area contributed by atoms with Crippen LogP contribution >= 0.6 is 0 Å². The third kappa shape index (κ3) is 3.32. The zero-order valence-electron chi connectivity index (χ0n) is 15.2. The largest absolute Gasteiger partial charge is 0.360 e. The molecule has 0 amide bonds. The molecule has 4 heterocycles. The molecule has 0 atom stereocenters. The zero-order valence-corrected chi connectivity index (χ0v) is 15.2. The van der Waals surface area contributed by atoms with Crippen LogP contribution in [0, 0.1) is 26.7 Å². The maximum atomic E-state index is 12.2. The second-order valence-corrected chi connectivity index (χ2v) is 7.05. The van der Waals surface area contributed by atoms with Gasteiger partial charge < -0.3 is 4.52 Å². The maximum absolute atomic E-state index is 12.2. The van der Waals surface area contributed by atoms with Crippen LogP contribution < -0.4 is 5.56 Å². The van der Waals surface area contributed by atoms with Gasteiger partial charge in [0.15, 0.2) is 11.6 Å². The van der Waals surface area contributed by atoms with Crippen molar-refractivity contribution in [1.29, 1.82) is 0 Å². The number of likely N-dealkylation sites (tertiary alicyclic amines) is 1. The summed E-state index contributed by atoms with van der Waals surface area (Å²) in [5.74, 6) is 1.95. The quantitative estimate of drug-likeness (QED) is 0.690. The van der Waals surface area contributed by atoms with Gasteiger partial charge in [0.1, 0.15) is 0 Å². The summed E-state index contributed by atoms with van der Waals surface area (Å²) in [6, 6.07) is 7.23. The summed E-state index contributed by atoms with van der Waals surface area (Å²) in [6.45, 7) is 9.03. The second kappa shape index (κ2) is 6.53. The van der Waals surface area contributed by atoms with Gasteiger partial charge >= 0.3 is 0 Å². The second-order valence-electron chi connectivity index (χ2n) is 7.05. The van der Waals surface area contributed by atoms with E-state index in [0.29, 0.717) is 18.3 Å². The minimum absolute atomic E-state index is 0.0837. The molecule has 8 heteroatoms. The van der Waals surface area contributed by atoms with Crippen molar-refractivity contribution in [2.45, 2.75) is 33.9 Å². The van der Waals surface area contributed by atoms with Gasteiger partial charge in [0.2, 0.25) is 0 Å². The zero-order chi connectivity index (χ0) is 18.3. The molecule has 8 nitrogen and oxygen atoms in total. The van der Waals surface area contributed by atoms with Crippen LogP contribution in [0.5, 0.6) is 0 Å². The van der Waals surface area contributed by atoms with Gasteiger partial charge in [0.05, 0.1) is 24.5 Å². The Morgan fingerprint density at radius 3 is 2.58 bits per heavy atom. The van der Waals surface area contributed by atoms with E-state index in [0.717, 1.165) is 42.5 Å². The van der Waals surface area contributed by atoms with Crippen molar-refractivity contribution in [3.63, 3.8) is 0 Å². The molecule has 0 aliphatic carbocycles. The van der Waals surface area contributed by atoms with Crippen LogP contribution in [0.2, 0.25) is 0 Å². The SMILES string of the molecule is Cc1cc(CN2CC(Cn3nc(-n4nc(C)cc4C)ccc3=O)C2)on1. The summed E-state index contributed by atoms with van der Waals surface area (Å²) in [4.78, 5) is 14.5. The standard InChI is InChI=1S/C18H22N6O2/c1-12-6-14(3)24(19-12)17-4-5-18(25)23(20-17)10-15-8-22(9-15)11-16-7-13(2)21-26-16/h4-7,15H,8-11H2,1-3H3. The third-order valence-corrected chi connectivity index (χ3v) is 4.60. The predicted molar refractivity (Wildman–Crippen MR) is 95.1 cm³/mol. The third-order valence-electron chi connectivity index (χ3n) is 4.60. The van der Waals surface area contributed by atoms with Crippen LogP contribution in [-0.4, -0.2) is 42.7 Å². The lowest BCUT2D eigenvalue weighted by Gasteiger charge is -2.38. The highest BCUT2D eigenvalue weighted by atomic mass is 16.5. The molecule has 3 aromatic heterocycles. The van der Waals surface area contributed by atoms with Crippen molar-refractivity contribution in [2.24, 2.45) is 5.92 Å². The van der Waals surface area contributed by atoms with Crippen LogP contribution in [0.3, 0.4) is 0 Å². The van der Waals surface area contributed by atoms with Gasteiger partial charge in [-0.2, -0.15) is 5.10 Å². The molecule has 0 spiro atoms. The first-order valence-corrected chi connectivity index (χ1v) is 8.74. The lowest BCUT2D eigenvalue weighted by atomic mass is 10.00. The molecule has 136 valence electrons. The molecule has 0 N–H and O–H groups in total. The number of aromatic nitrogens is 5. The normalized spacial score (nSPS) is 15.3. The van der Waals surface area contributed by atoms with Crippen molar-refractivity contribution in [3.05, 3.63) is 57.5 Å². The van der Waals surface area contributed by atoms with Gasteiger partial charge in [0, 0.05) is 36.8 Å². The Morgan fingerprint density at radius 2 is 1.92 bits per heavy atom. The minimum Gasteiger partial charge on any atom is -0.360 e. The lowest BCUT2D eigenvalue weighted by molar-refractivity contribution is 0.0676. The Hall–Kier alpha value is -2.74. The summed E-state index contributed by atoms with van der Waals surface area (Å²) in [7, 11) is 0. The Kier molecular flexibility index (Phi) is 4.20. The molecule has 0 unspecified atom stereocenters. The first-order chi connectivity index (χ1) is 12.5. The van der Waals surface area contributed by atoms with Crippen molar-refractivity contribution >= 4 is 0 Å². The van der Waals surface area contributed by atoms with Crippen molar-refractivity contribution in [2.75, 3.05) is 13.1 Å². The average Bonchev–Trinajstić information content (AvgIpc) is 3.12. The van der Waals surface area contributed by atoms with Gasteiger partial charge in [-0.3, -0.25) is 9.69 Å². The van der Waals surface area contributed by atoms with Gasteiger partial charge in [-0.25, -0.2) is 9.36 Å². The van der Waals surface area contributed by atoms with Gasteiger partial charge in [0.25, 0.3) is 5.56 Å². The summed E-state index contributed by atoms with van der Waals surface area (Å²) in [5, 5.41) is 12.9. The molecular weight excluding hydrogens is 332 g/mol. The molecule has 0 radical (unpaired) electrons. The Balaban J connectivity index is 1.42. The van der Waals surface area contributed by atoms with Gasteiger partial charge in [-0.1, -0.05) is 5.16 Å². The lowest BCUT2D eigenvalue weighted by Crippen LogP contribution is -2.48. The van der Waals surface area contributed by atoms with E-state index in [1.807, 2.05) is 32.9 Å². The fourth-order valence-corrected chi connectivity index (χ4v) is 3.42. The van der Waals surface area contributed by atoms with E-state index in [2.05, 4.69) is 20.3 Å². The molecule has 3 aromatic rings. The van der Waals surface area contributed by atoms with Crippen molar-refractivity contribution in [1.82, 2.24) is 29.6 Å². The van der Waals surface area contributed by atoms with Crippen molar-refractivity contribution in [3.8, 4) is 5.82 Å². The molecule has 1 saturated heterocycles. The van der Waals surface area contributed by atoms with Gasteiger partial charge in [-0.15, -0.1) is 5.10 Å². The number of nitrogens with zero attached hydrogens (tertiary/aromatic N) is 6. The van der Waals surface area contributed by atoms with E-state index in [4.69, 9.17) is 4.52 Å². The fourth-order valence-electron chi connectivity index (χ4n) is 3.42. The monoisotopic (exact) mass is 354 g/mol. The minimum atomic E-state index is -0.0837. The Bertz CT molecular complexity index is 980. The highest BCUT2D eigenvalue weighted by Gasteiger charge is 2.28. The molecule has 1 aliphatic rings. The number of hydrogen-bond donors (Lipinski definition) is 0. The van der Waals surface area contributed by atoms with Gasteiger partial charge in [-0.05, 0) is 32.9 Å². The highest BCUT2D eigenvalue weighted by molar-refractivity contribution is 5.23. The van der Waals surface area contributed by atoms with Crippen LogP contribution in [0.1, 0.15) is 22.8 Å². The van der Waals surface area contributed by atoms with E-state index in [-0.39, 0.29) is 5.56 Å². The number of hydrogen-bond acceptors (Lipinski definition) is 6. The smallest absolute Gasteiger partial charge is 0.266 e. The maximum Gasteiger partial charge on any atom is 0.266 e. The molecule has 1 aliphatic heterocycles. The fraction of sp³-hybridized carbons (Fsp3) is 0.444. The van der Waals surface area contributed by atoms with E-state index >= 15 is 0 Å². The van der Waals surface area contributed by atoms with E-state index in [1.165, 1.54) is 0 Å². The number of rotatable bonds is 5. The van der Waals surface area contributed by atoms with Crippen LogP contribution in [0.25, 0.3) is 5.82 Å². The van der Waals surface area contributed by atoms with E-state index in [1.54, 1.807) is 21.5 Å². The Labute approximate surface area is 151 Å². The molecule has 0 bridgehead atoms. The van der Waals surface area contributed by atoms with E-state index in [9.17, 15) is 4.79 Å². The Morgan fingerprint density at radius 1 is 1.12 bits per heavy atom. The number of aryl methyl sites for hydroxylation is 3. The average molecular weight is 354 g/mol. The van der Waals surface area contributed by atoms with Crippen LogP contribution in [-0.2, 0) is 13.1 Å². The first kappa shape index (κ1) is 16.7. The summed E-state index contributed by atoms with van der Waals surface area (Å²) >= 11 is 0. The summed E-state index contributed by atoms with van der Waals surface area (Å²) in [6.07, 6.45) is 0. The van der Waals surface area contributed by atoms with Crippen LogP contribution in [0.4, 0.5) is 0 Å². The molecular formula is C18H22N6O2. The highest BCUT2D eigenvalue weighted by Crippen LogP contribution is 2.20. The molecule has 0 saturated carbocycles. The van der Waals surface area contributed by atoms with Crippen LogP contribution in [0.15, 0.2) is 33.6 Å². The van der Waals surface area contributed by atoms with Crippen molar-refractivity contribution < 1.29 is 4.52 Å². The summed E-state index contributed by atoms with van der Waals surface area (Å²) in [5.41, 5.74) is 2.74. The first-order valence-electron chi connectivity index (χ1n) is 8.74. The topological polar surface area (TPSA) is 82.0 Å². The molecule has 1 fully saturated rings. The van der Waals surface area contributed by atoms with E-state index < -0.39 is 0 Å².